The molecule has 6 nitrogen and oxygen atoms in total. The Hall–Kier alpha value is -3.28. The number of carbonyl (C=O) groups is 2. The Kier molecular flexibility index (Phi) is 7.04. The van der Waals surface area contributed by atoms with Gasteiger partial charge in [0.25, 0.3) is 0 Å². The number of ether oxygens (including phenoxy) is 2. The van der Waals surface area contributed by atoms with Crippen LogP contribution in [0.5, 0.6) is 23.0 Å². The maximum Gasteiger partial charge on any atom is 0.237 e. The van der Waals surface area contributed by atoms with Crippen molar-refractivity contribution < 1.29 is 29.3 Å². The van der Waals surface area contributed by atoms with Gasteiger partial charge in [-0.25, -0.2) is 0 Å². The van der Waals surface area contributed by atoms with E-state index < -0.39 is 11.6 Å². The number of ketones is 2. The van der Waals surface area contributed by atoms with E-state index in [1.807, 2.05) is 33.8 Å². The standard InChI is InChI=1S/C23H26O6/c1-13(2)6-8-17-20(29-14(3)4)11-10-18(21(17)25)23(27)22(26)16-9-7-15(28-5)12-19(16)24/h6-7,9-12,14,24-25H,8H2,1-5H3. The first-order valence-electron chi connectivity index (χ1n) is 9.26. The van der Waals surface area contributed by atoms with Crippen molar-refractivity contribution in [3.63, 3.8) is 0 Å². The van der Waals surface area contributed by atoms with Crippen LogP contribution in [0.25, 0.3) is 0 Å². The zero-order valence-electron chi connectivity index (χ0n) is 17.3. The SMILES string of the molecule is COc1ccc(C(=O)C(=O)c2ccc(OC(C)C)c(CC=C(C)C)c2O)c(O)c1. The highest BCUT2D eigenvalue weighted by Crippen LogP contribution is 2.34. The largest absolute Gasteiger partial charge is 0.507 e. The summed E-state index contributed by atoms with van der Waals surface area (Å²) in [7, 11) is 1.42. The quantitative estimate of drug-likeness (QED) is 0.387. The molecule has 0 aromatic heterocycles. The van der Waals surface area contributed by atoms with E-state index >= 15 is 0 Å². The minimum absolute atomic E-state index is 0.126. The molecule has 0 amide bonds. The summed E-state index contributed by atoms with van der Waals surface area (Å²) in [5.74, 6) is -1.71. The topological polar surface area (TPSA) is 93.1 Å². The Morgan fingerprint density at radius 3 is 2.21 bits per heavy atom. The summed E-state index contributed by atoms with van der Waals surface area (Å²) in [6.45, 7) is 7.56. The molecule has 0 atom stereocenters. The molecule has 0 saturated carbocycles. The summed E-state index contributed by atoms with van der Waals surface area (Å²) in [5, 5.41) is 20.8. The first kappa shape index (κ1) is 22.0. The summed E-state index contributed by atoms with van der Waals surface area (Å²) in [5.41, 5.74) is 1.16. The van der Waals surface area contributed by atoms with Gasteiger partial charge in [0.15, 0.2) is 0 Å². The zero-order valence-corrected chi connectivity index (χ0v) is 17.3. The Morgan fingerprint density at radius 2 is 1.66 bits per heavy atom. The van der Waals surface area contributed by atoms with Gasteiger partial charge in [0, 0.05) is 11.6 Å². The highest BCUT2D eigenvalue weighted by Gasteiger charge is 2.26. The summed E-state index contributed by atoms with van der Waals surface area (Å²) in [4.78, 5) is 25.4. The summed E-state index contributed by atoms with van der Waals surface area (Å²) in [6, 6.07) is 6.97. The Bertz CT molecular complexity index is 952. The van der Waals surface area contributed by atoms with Gasteiger partial charge in [-0.15, -0.1) is 0 Å². The number of hydrogen-bond acceptors (Lipinski definition) is 6. The molecule has 0 bridgehead atoms. The van der Waals surface area contributed by atoms with Crippen LogP contribution >= 0.6 is 0 Å². The van der Waals surface area contributed by atoms with Crippen LogP contribution in [0.15, 0.2) is 42.0 Å². The molecule has 0 aliphatic rings. The molecule has 0 aliphatic heterocycles. The van der Waals surface area contributed by atoms with Gasteiger partial charge < -0.3 is 19.7 Å². The number of phenols is 2. The third-order valence-corrected chi connectivity index (χ3v) is 4.22. The molecule has 0 radical (unpaired) electrons. The number of allylic oxidation sites excluding steroid dienone is 2. The second-order valence-electron chi connectivity index (χ2n) is 7.13. The van der Waals surface area contributed by atoms with Crippen LogP contribution in [0.1, 0.15) is 54.0 Å². The maximum absolute atomic E-state index is 12.8. The van der Waals surface area contributed by atoms with Gasteiger partial charge in [-0.05, 0) is 58.4 Å². The smallest absolute Gasteiger partial charge is 0.237 e. The zero-order chi connectivity index (χ0) is 21.7. The van der Waals surface area contributed by atoms with Crippen molar-refractivity contribution in [2.45, 2.75) is 40.2 Å². The fourth-order valence-electron chi connectivity index (χ4n) is 2.74. The molecule has 0 aliphatic carbocycles. The highest BCUT2D eigenvalue weighted by molar-refractivity contribution is 6.50. The third kappa shape index (κ3) is 5.16. The van der Waals surface area contributed by atoms with Gasteiger partial charge in [0.1, 0.15) is 23.0 Å². The van der Waals surface area contributed by atoms with E-state index in [1.165, 1.54) is 31.4 Å². The molecule has 2 aromatic rings. The molecule has 0 spiro atoms. The van der Waals surface area contributed by atoms with E-state index in [2.05, 4.69) is 0 Å². The average Bonchev–Trinajstić information content (AvgIpc) is 2.66. The molecule has 2 N–H and O–H groups in total. The normalized spacial score (nSPS) is 10.6. The number of hydrogen-bond donors (Lipinski definition) is 2. The fourth-order valence-corrected chi connectivity index (χ4v) is 2.74. The second kappa shape index (κ2) is 9.28. The van der Waals surface area contributed by atoms with Gasteiger partial charge >= 0.3 is 0 Å². The molecular weight excluding hydrogens is 372 g/mol. The van der Waals surface area contributed by atoms with Crippen molar-refractivity contribution in [3.8, 4) is 23.0 Å². The number of carbonyl (C=O) groups excluding carboxylic acids is 2. The highest BCUT2D eigenvalue weighted by atomic mass is 16.5. The van der Waals surface area contributed by atoms with Crippen LogP contribution < -0.4 is 9.47 Å². The van der Waals surface area contributed by atoms with E-state index in [0.29, 0.717) is 23.5 Å². The van der Waals surface area contributed by atoms with Crippen molar-refractivity contribution in [3.05, 3.63) is 58.7 Å². The van der Waals surface area contributed by atoms with Crippen LogP contribution in [-0.4, -0.2) is 35.0 Å². The minimum atomic E-state index is -0.925. The van der Waals surface area contributed by atoms with Crippen molar-refractivity contribution in [1.82, 2.24) is 0 Å². The van der Waals surface area contributed by atoms with Crippen molar-refractivity contribution in [1.29, 1.82) is 0 Å². The third-order valence-electron chi connectivity index (χ3n) is 4.22. The van der Waals surface area contributed by atoms with Crippen LogP contribution in [0.4, 0.5) is 0 Å². The lowest BCUT2D eigenvalue weighted by molar-refractivity contribution is 0.0813. The number of methoxy groups -OCH3 is 1. The Morgan fingerprint density at radius 1 is 1.03 bits per heavy atom. The summed E-state index contributed by atoms with van der Waals surface area (Å²) in [6.07, 6.45) is 2.12. The summed E-state index contributed by atoms with van der Waals surface area (Å²) >= 11 is 0. The van der Waals surface area contributed by atoms with Gasteiger partial charge in [-0.1, -0.05) is 11.6 Å². The van der Waals surface area contributed by atoms with Crippen molar-refractivity contribution in [2.24, 2.45) is 0 Å². The van der Waals surface area contributed by atoms with E-state index in [0.717, 1.165) is 5.57 Å². The van der Waals surface area contributed by atoms with Crippen LogP contribution in [0, 0.1) is 0 Å². The van der Waals surface area contributed by atoms with Crippen LogP contribution in [0.3, 0.4) is 0 Å². The number of Topliss-reactive ketones (excluding diaryl/α,β-unsaturated/α-hetero) is 2. The van der Waals surface area contributed by atoms with E-state index in [4.69, 9.17) is 9.47 Å². The lowest BCUT2D eigenvalue weighted by Gasteiger charge is -2.16. The number of benzene rings is 2. The Balaban J connectivity index is 2.47. The number of aromatic hydroxyl groups is 2. The van der Waals surface area contributed by atoms with E-state index in [9.17, 15) is 19.8 Å². The lowest BCUT2D eigenvalue weighted by atomic mass is 9.96. The predicted molar refractivity (Wildman–Crippen MR) is 110 cm³/mol. The molecular formula is C23H26O6. The molecule has 0 fully saturated rings. The van der Waals surface area contributed by atoms with Crippen molar-refractivity contribution in [2.75, 3.05) is 7.11 Å². The van der Waals surface area contributed by atoms with E-state index in [-0.39, 0.29) is 28.7 Å². The predicted octanol–water partition coefficient (Wildman–Crippen LogP) is 4.47. The molecule has 0 saturated heterocycles. The monoisotopic (exact) mass is 398 g/mol. The van der Waals surface area contributed by atoms with Crippen LogP contribution in [0.2, 0.25) is 0 Å². The maximum atomic E-state index is 12.8. The first-order chi connectivity index (χ1) is 13.6. The van der Waals surface area contributed by atoms with Gasteiger partial charge in [-0.2, -0.15) is 0 Å². The Labute approximate surface area is 170 Å². The second-order valence-corrected chi connectivity index (χ2v) is 7.13. The molecule has 2 aromatic carbocycles. The van der Waals surface area contributed by atoms with Gasteiger partial charge in [0.2, 0.25) is 11.6 Å². The van der Waals surface area contributed by atoms with Gasteiger partial charge in [-0.3, -0.25) is 9.59 Å². The lowest BCUT2D eigenvalue weighted by Crippen LogP contribution is -2.16. The summed E-state index contributed by atoms with van der Waals surface area (Å²) < 4.78 is 10.7. The molecule has 29 heavy (non-hydrogen) atoms. The minimum Gasteiger partial charge on any atom is -0.507 e. The van der Waals surface area contributed by atoms with Gasteiger partial charge in [0.05, 0.1) is 24.3 Å². The fraction of sp³-hybridized carbons (Fsp3) is 0.304. The molecule has 6 heteroatoms. The molecule has 0 heterocycles. The van der Waals surface area contributed by atoms with E-state index in [1.54, 1.807) is 6.07 Å². The molecule has 0 unspecified atom stereocenters. The van der Waals surface area contributed by atoms with Crippen LogP contribution in [-0.2, 0) is 6.42 Å². The number of phenolic OH excluding ortho intramolecular Hbond substituents is 2. The average molecular weight is 398 g/mol. The molecule has 154 valence electrons. The molecule has 2 rings (SSSR count). The van der Waals surface area contributed by atoms with Crippen molar-refractivity contribution >= 4 is 11.6 Å². The first-order valence-corrected chi connectivity index (χ1v) is 9.26. The number of rotatable bonds is 8.